The summed E-state index contributed by atoms with van der Waals surface area (Å²) in [6.45, 7) is 0.532. The Kier molecular flexibility index (Phi) is 4.49. The summed E-state index contributed by atoms with van der Waals surface area (Å²) >= 11 is 5.77. The molecule has 1 heterocycles. The third kappa shape index (κ3) is 2.89. The summed E-state index contributed by atoms with van der Waals surface area (Å²) in [5.41, 5.74) is 7.49. The molecule has 0 bridgehead atoms. The van der Waals surface area contributed by atoms with E-state index in [9.17, 15) is 0 Å². The van der Waals surface area contributed by atoms with E-state index in [1.807, 2.05) is 24.3 Å². The summed E-state index contributed by atoms with van der Waals surface area (Å²) in [5, 5.41) is 8.60. The molecule has 15 heavy (non-hydrogen) atoms. The van der Waals surface area contributed by atoms with Crippen molar-refractivity contribution in [2.75, 3.05) is 7.11 Å². The molecule has 0 fully saturated rings. The number of aromatic nitrogens is 1. The number of nitrogens with zero attached hydrogens (tertiary/aromatic N) is 1. The van der Waals surface area contributed by atoms with Crippen molar-refractivity contribution in [2.45, 2.75) is 6.54 Å². The van der Waals surface area contributed by atoms with E-state index >= 15 is 0 Å². The largest absolute Gasteiger partial charge is 0.400 e. The average Bonchev–Trinajstić information content (AvgIpc) is 2.30. The second-order valence-corrected chi connectivity index (χ2v) is 3.25. The number of nitrogens with two attached hydrogens (primary N) is 1. The first-order valence-corrected chi connectivity index (χ1v) is 4.87. The maximum Gasteiger partial charge on any atom is 0.129 e. The Bertz CT molecular complexity index is 446. The Morgan fingerprint density at radius 1 is 1.27 bits per heavy atom. The van der Waals surface area contributed by atoms with E-state index in [0.29, 0.717) is 11.7 Å². The normalized spacial score (nSPS) is 9.60. The molecule has 80 valence electrons. The third-order valence-corrected chi connectivity index (χ3v) is 2.17. The van der Waals surface area contributed by atoms with E-state index in [4.69, 9.17) is 22.4 Å². The molecule has 0 aliphatic rings. The maximum atomic E-state index is 7.00. The summed E-state index contributed by atoms with van der Waals surface area (Å²) in [6, 6.07) is 9.69. The highest BCUT2D eigenvalue weighted by Gasteiger charge is 1.97. The molecule has 4 heteroatoms. The number of fused-ring (bicyclic) bond motifs is 1. The highest BCUT2D eigenvalue weighted by molar-refractivity contribution is 6.29. The zero-order chi connectivity index (χ0) is 11.3. The van der Waals surface area contributed by atoms with Gasteiger partial charge >= 0.3 is 0 Å². The van der Waals surface area contributed by atoms with Crippen molar-refractivity contribution < 1.29 is 5.11 Å². The molecule has 2 rings (SSSR count). The van der Waals surface area contributed by atoms with Crippen molar-refractivity contribution >= 4 is 22.5 Å². The highest BCUT2D eigenvalue weighted by Crippen LogP contribution is 2.16. The van der Waals surface area contributed by atoms with Gasteiger partial charge in [0, 0.05) is 19.0 Å². The minimum Gasteiger partial charge on any atom is -0.400 e. The van der Waals surface area contributed by atoms with E-state index in [1.54, 1.807) is 6.07 Å². The number of aliphatic hydroxyl groups is 1. The van der Waals surface area contributed by atoms with Crippen LogP contribution in [0.5, 0.6) is 0 Å². The van der Waals surface area contributed by atoms with Crippen molar-refractivity contribution in [3.63, 3.8) is 0 Å². The molecule has 0 amide bonds. The van der Waals surface area contributed by atoms with E-state index < -0.39 is 0 Å². The Hall–Kier alpha value is -1.16. The van der Waals surface area contributed by atoms with Gasteiger partial charge in [0.15, 0.2) is 0 Å². The van der Waals surface area contributed by atoms with Crippen molar-refractivity contribution in [1.29, 1.82) is 0 Å². The molecule has 1 aromatic carbocycles. The van der Waals surface area contributed by atoms with E-state index in [1.165, 1.54) is 0 Å². The molecule has 0 saturated carbocycles. The zero-order valence-corrected chi connectivity index (χ0v) is 9.20. The number of hydrogen-bond donors (Lipinski definition) is 2. The summed E-state index contributed by atoms with van der Waals surface area (Å²) in [4.78, 5) is 4.19. The lowest BCUT2D eigenvalue weighted by molar-refractivity contribution is 0.399. The van der Waals surface area contributed by atoms with Gasteiger partial charge in [-0.3, -0.25) is 0 Å². The third-order valence-electron chi connectivity index (χ3n) is 1.96. The topological polar surface area (TPSA) is 59.1 Å². The van der Waals surface area contributed by atoms with Gasteiger partial charge in [-0.15, -0.1) is 0 Å². The fourth-order valence-electron chi connectivity index (χ4n) is 1.26. The molecule has 2 aromatic rings. The Labute approximate surface area is 93.5 Å². The van der Waals surface area contributed by atoms with Crippen LogP contribution in [0.4, 0.5) is 0 Å². The molecule has 3 nitrogen and oxygen atoms in total. The quantitative estimate of drug-likeness (QED) is 0.728. The van der Waals surface area contributed by atoms with Crippen LogP contribution in [-0.4, -0.2) is 17.2 Å². The lowest BCUT2D eigenvalue weighted by Gasteiger charge is -2.00. The molecule has 0 unspecified atom stereocenters. The lowest BCUT2D eigenvalue weighted by Crippen LogP contribution is -1.95. The first-order valence-electron chi connectivity index (χ1n) is 4.49. The number of benzene rings is 1. The van der Waals surface area contributed by atoms with Crippen molar-refractivity contribution in [1.82, 2.24) is 4.98 Å². The molecule has 3 N–H and O–H groups in total. The minimum absolute atomic E-state index is 0.515. The van der Waals surface area contributed by atoms with Gasteiger partial charge in [0.05, 0.1) is 5.52 Å². The number of hydrogen-bond acceptors (Lipinski definition) is 3. The summed E-state index contributed by atoms with van der Waals surface area (Å²) in [7, 11) is 1.00. The Morgan fingerprint density at radius 3 is 2.60 bits per heavy atom. The smallest absolute Gasteiger partial charge is 0.129 e. The fraction of sp³-hybridized carbons (Fsp3) is 0.182. The van der Waals surface area contributed by atoms with Crippen LogP contribution in [0.15, 0.2) is 30.3 Å². The molecule has 0 spiro atoms. The van der Waals surface area contributed by atoms with Crippen LogP contribution in [0.2, 0.25) is 5.15 Å². The monoisotopic (exact) mass is 224 g/mol. The second-order valence-electron chi connectivity index (χ2n) is 2.87. The molecule has 0 radical (unpaired) electrons. The summed E-state index contributed by atoms with van der Waals surface area (Å²) in [6.07, 6.45) is 0. The van der Waals surface area contributed by atoms with Crippen LogP contribution >= 0.6 is 11.6 Å². The lowest BCUT2D eigenvalue weighted by atomic mass is 10.1. The van der Waals surface area contributed by atoms with Gasteiger partial charge < -0.3 is 10.8 Å². The molecule has 0 aliphatic carbocycles. The number of aliphatic hydroxyl groups excluding tert-OH is 1. The highest BCUT2D eigenvalue weighted by atomic mass is 35.5. The van der Waals surface area contributed by atoms with Crippen molar-refractivity contribution in [2.24, 2.45) is 5.73 Å². The van der Waals surface area contributed by atoms with Gasteiger partial charge in [0.1, 0.15) is 5.15 Å². The molecule has 0 aliphatic heterocycles. The molecule has 1 aromatic heterocycles. The molecular formula is C11H13ClN2O. The van der Waals surface area contributed by atoms with E-state index in [2.05, 4.69) is 4.98 Å². The SMILES string of the molecule is CO.NCc1ccc2ccc(Cl)nc2c1. The summed E-state index contributed by atoms with van der Waals surface area (Å²) in [5.74, 6) is 0. The van der Waals surface area contributed by atoms with E-state index in [-0.39, 0.29) is 0 Å². The summed E-state index contributed by atoms with van der Waals surface area (Å²) < 4.78 is 0. The predicted octanol–water partition coefficient (Wildman–Crippen LogP) is 1.96. The van der Waals surface area contributed by atoms with Crippen LogP contribution < -0.4 is 5.73 Å². The predicted molar refractivity (Wildman–Crippen MR) is 62.8 cm³/mol. The van der Waals surface area contributed by atoms with Crippen LogP contribution in [0.25, 0.3) is 10.9 Å². The van der Waals surface area contributed by atoms with Crippen molar-refractivity contribution in [3.8, 4) is 0 Å². The Morgan fingerprint density at radius 2 is 1.93 bits per heavy atom. The first kappa shape index (κ1) is 11.9. The van der Waals surface area contributed by atoms with Gasteiger partial charge in [-0.1, -0.05) is 23.7 Å². The number of pyridine rings is 1. The van der Waals surface area contributed by atoms with Crippen molar-refractivity contribution in [3.05, 3.63) is 41.0 Å². The average molecular weight is 225 g/mol. The standard InChI is InChI=1S/C10H9ClN2.CH4O/c11-10-4-3-8-2-1-7(6-12)5-9(8)13-10;1-2/h1-5H,6,12H2;2H,1H3. The molecule has 0 atom stereocenters. The second kappa shape index (κ2) is 5.66. The zero-order valence-electron chi connectivity index (χ0n) is 8.44. The van der Waals surface area contributed by atoms with Crippen LogP contribution in [0.1, 0.15) is 5.56 Å². The van der Waals surface area contributed by atoms with Gasteiger partial charge in [-0.05, 0) is 23.8 Å². The number of halogens is 1. The van der Waals surface area contributed by atoms with Gasteiger partial charge in [-0.25, -0.2) is 4.98 Å². The first-order chi connectivity index (χ1) is 7.29. The Balaban J connectivity index is 0.000000531. The van der Waals surface area contributed by atoms with Gasteiger partial charge in [-0.2, -0.15) is 0 Å². The number of rotatable bonds is 1. The minimum atomic E-state index is 0.515. The van der Waals surface area contributed by atoms with Gasteiger partial charge in [0.2, 0.25) is 0 Å². The fourth-order valence-corrected chi connectivity index (χ4v) is 1.42. The maximum absolute atomic E-state index is 7.00. The van der Waals surface area contributed by atoms with Crippen LogP contribution in [0, 0.1) is 0 Å². The van der Waals surface area contributed by atoms with Gasteiger partial charge in [0.25, 0.3) is 0 Å². The molecular weight excluding hydrogens is 212 g/mol. The van der Waals surface area contributed by atoms with E-state index in [0.717, 1.165) is 23.6 Å². The molecule has 0 saturated heterocycles. The van der Waals surface area contributed by atoms with Crippen LogP contribution in [-0.2, 0) is 6.54 Å². The van der Waals surface area contributed by atoms with Crippen LogP contribution in [0.3, 0.4) is 0 Å².